The van der Waals surface area contributed by atoms with E-state index in [1.165, 1.54) is 0 Å². The minimum absolute atomic E-state index is 0.253. The topological polar surface area (TPSA) is 37.5 Å². The van der Waals surface area contributed by atoms with Crippen molar-refractivity contribution in [2.45, 2.75) is 6.92 Å². The minimum Gasteiger partial charge on any atom is -0.508 e. The number of aromatic nitrogens is 2. The molecule has 2 aromatic heterocycles. The molecule has 0 fully saturated rings. The van der Waals surface area contributed by atoms with Crippen LogP contribution in [-0.2, 0) is 0 Å². The second kappa shape index (κ2) is 1.99. The van der Waals surface area contributed by atoms with Crippen LogP contribution in [0, 0.1) is 6.92 Å². The second-order valence-electron chi connectivity index (χ2n) is 2.53. The van der Waals surface area contributed by atoms with Gasteiger partial charge in [0.2, 0.25) is 0 Å². The van der Waals surface area contributed by atoms with Crippen LogP contribution in [0.2, 0.25) is 0 Å². The molecule has 0 unspecified atom stereocenters. The van der Waals surface area contributed by atoms with Crippen LogP contribution < -0.4 is 0 Å². The van der Waals surface area contributed by atoms with E-state index in [0.717, 1.165) is 11.3 Å². The SMILES string of the molecule is Cc1cn2ccc(O)cc2n1. The number of imidazole rings is 1. The summed E-state index contributed by atoms with van der Waals surface area (Å²) in [6.07, 6.45) is 3.69. The summed E-state index contributed by atoms with van der Waals surface area (Å²) in [5.74, 6) is 0.253. The van der Waals surface area contributed by atoms with Gasteiger partial charge in [-0.15, -0.1) is 0 Å². The smallest absolute Gasteiger partial charge is 0.140 e. The monoisotopic (exact) mass is 148 g/mol. The lowest BCUT2D eigenvalue weighted by atomic mass is 10.4. The van der Waals surface area contributed by atoms with Crippen LogP contribution in [0.25, 0.3) is 5.65 Å². The van der Waals surface area contributed by atoms with Gasteiger partial charge in [0, 0.05) is 18.5 Å². The second-order valence-corrected chi connectivity index (χ2v) is 2.53. The third-order valence-electron chi connectivity index (χ3n) is 1.56. The summed E-state index contributed by atoms with van der Waals surface area (Å²) >= 11 is 0. The van der Waals surface area contributed by atoms with Gasteiger partial charge in [0.25, 0.3) is 0 Å². The zero-order valence-corrected chi connectivity index (χ0v) is 6.15. The van der Waals surface area contributed by atoms with Crippen molar-refractivity contribution in [1.82, 2.24) is 9.38 Å². The average molecular weight is 148 g/mol. The predicted octanol–water partition coefficient (Wildman–Crippen LogP) is 1.35. The number of aryl methyl sites for hydroxylation is 1. The standard InChI is InChI=1S/C8H8N2O/c1-6-5-10-3-2-7(11)4-8(10)9-6/h2-5,11H,1H3. The van der Waals surface area contributed by atoms with E-state index < -0.39 is 0 Å². The van der Waals surface area contributed by atoms with E-state index in [-0.39, 0.29) is 5.75 Å². The van der Waals surface area contributed by atoms with E-state index in [2.05, 4.69) is 4.98 Å². The summed E-state index contributed by atoms with van der Waals surface area (Å²) in [5, 5.41) is 9.09. The quantitative estimate of drug-likeness (QED) is 0.612. The molecule has 2 aromatic rings. The van der Waals surface area contributed by atoms with Crippen molar-refractivity contribution in [3.05, 3.63) is 30.2 Å². The summed E-state index contributed by atoms with van der Waals surface area (Å²) in [6, 6.07) is 3.26. The highest BCUT2D eigenvalue weighted by molar-refractivity contribution is 5.44. The van der Waals surface area contributed by atoms with Gasteiger partial charge in [-0.05, 0) is 13.0 Å². The molecule has 0 aliphatic rings. The molecule has 2 heterocycles. The Morgan fingerprint density at radius 3 is 3.18 bits per heavy atom. The molecule has 56 valence electrons. The molecule has 0 aliphatic carbocycles. The van der Waals surface area contributed by atoms with Crippen LogP contribution in [0.1, 0.15) is 5.69 Å². The number of hydrogen-bond donors (Lipinski definition) is 1. The fourth-order valence-corrected chi connectivity index (χ4v) is 1.10. The third kappa shape index (κ3) is 0.941. The Morgan fingerprint density at radius 2 is 2.36 bits per heavy atom. The first-order valence-electron chi connectivity index (χ1n) is 3.40. The first kappa shape index (κ1) is 6.22. The number of aromatic hydroxyl groups is 1. The lowest BCUT2D eigenvalue weighted by Gasteiger charge is -1.91. The van der Waals surface area contributed by atoms with Crippen LogP contribution in [0.15, 0.2) is 24.5 Å². The Bertz CT molecular complexity index is 392. The van der Waals surface area contributed by atoms with E-state index in [1.54, 1.807) is 18.3 Å². The predicted molar refractivity (Wildman–Crippen MR) is 41.6 cm³/mol. The fraction of sp³-hybridized carbons (Fsp3) is 0.125. The molecule has 3 nitrogen and oxygen atoms in total. The maximum Gasteiger partial charge on any atom is 0.140 e. The number of rotatable bonds is 0. The molecule has 11 heavy (non-hydrogen) atoms. The van der Waals surface area contributed by atoms with E-state index >= 15 is 0 Å². The molecule has 0 bridgehead atoms. The molecule has 2 rings (SSSR count). The maximum atomic E-state index is 9.09. The van der Waals surface area contributed by atoms with Crippen LogP contribution in [0.3, 0.4) is 0 Å². The van der Waals surface area contributed by atoms with Gasteiger partial charge < -0.3 is 9.51 Å². The lowest BCUT2D eigenvalue weighted by Crippen LogP contribution is -1.79. The summed E-state index contributed by atoms with van der Waals surface area (Å²) in [6.45, 7) is 1.92. The molecular weight excluding hydrogens is 140 g/mol. The van der Waals surface area contributed by atoms with Gasteiger partial charge in [-0.2, -0.15) is 0 Å². The lowest BCUT2D eigenvalue weighted by molar-refractivity contribution is 0.475. The number of fused-ring (bicyclic) bond motifs is 1. The Balaban J connectivity index is 2.82. The van der Waals surface area contributed by atoms with Crippen molar-refractivity contribution in [2.75, 3.05) is 0 Å². The first-order valence-corrected chi connectivity index (χ1v) is 3.40. The number of pyridine rings is 1. The normalized spacial score (nSPS) is 10.6. The molecular formula is C8H8N2O. The van der Waals surface area contributed by atoms with E-state index in [0.29, 0.717) is 0 Å². The molecule has 3 heteroatoms. The Hall–Kier alpha value is -1.51. The van der Waals surface area contributed by atoms with Crippen molar-refractivity contribution >= 4 is 5.65 Å². The fourth-order valence-electron chi connectivity index (χ4n) is 1.10. The zero-order valence-electron chi connectivity index (χ0n) is 6.15. The van der Waals surface area contributed by atoms with Crippen molar-refractivity contribution in [3.8, 4) is 5.75 Å². The maximum absolute atomic E-state index is 9.09. The molecule has 0 amide bonds. The molecule has 0 spiro atoms. The third-order valence-corrected chi connectivity index (χ3v) is 1.56. The largest absolute Gasteiger partial charge is 0.508 e. The Labute approximate surface area is 63.9 Å². The summed E-state index contributed by atoms with van der Waals surface area (Å²) in [5.41, 5.74) is 1.73. The zero-order chi connectivity index (χ0) is 7.84. The first-order chi connectivity index (χ1) is 5.25. The Morgan fingerprint density at radius 1 is 1.55 bits per heavy atom. The van der Waals surface area contributed by atoms with Crippen LogP contribution in [-0.4, -0.2) is 14.5 Å². The van der Waals surface area contributed by atoms with E-state index in [1.807, 2.05) is 17.5 Å². The summed E-state index contributed by atoms with van der Waals surface area (Å²) in [4.78, 5) is 4.18. The van der Waals surface area contributed by atoms with Gasteiger partial charge in [0.05, 0.1) is 5.69 Å². The number of hydrogen-bond acceptors (Lipinski definition) is 2. The van der Waals surface area contributed by atoms with Crippen LogP contribution in [0.4, 0.5) is 0 Å². The van der Waals surface area contributed by atoms with Gasteiger partial charge >= 0.3 is 0 Å². The van der Waals surface area contributed by atoms with Gasteiger partial charge in [-0.1, -0.05) is 0 Å². The van der Waals surface area contributed by atoms with Crippen molar-refractivity contribution in [2.24, 2.45) is 0 Å². The highest BCUT2D eigenvalue weighted by atomic mass is 16.3. The number of nitrogens with zero attached hydrogens (tertiary/aromatic N) is 2. The van der Waals surface area contributed by atoms with E-state index in [4.69, 9.17) is 5.11 Å². The minimum atomic E-state index is 0.253. The summed E-state index contributed by atoms with van der Waals surface area (Å²) < 4.78 is 1.87. The highest BCUT2D eigenvalue weighted by Gasteiger charge is 1.96. The van der Waals surface area contributed by atoms with Crippen molar-refractivity contribution in [1.29, 1.82) is 0 Å². The average Bonchev–Trinajstić information content (AvgIpc) is 2.27. The van der Waals surface area contributed by atoms with Crippen molar-refractivity contribution in [3.63, 3.8) is 0 Å². The molecule has 1 N–H and O–H groups in total. The van der Waals surface area contributed by atoms with Gasteiger partial charge in [-0.25, -0.2) is 4.98 Å². The van der Waals surface area contributed by atoms with Crippen molar-refractivity contribution < 1.29 is 5.11 Å². The van der Waals surface area contributed by atoms with Crippen LogP contribution in [0.5, 0.6) is 5.75 Å². The molecule has 0 aromatic carbocycles. The molecule has 0 aliphatic heterocycles. The van der Waals surface area contributed by atoms with Gasteiger partial charge in [-0.3, -0.25) is 0 Å². The van der Waals surface area contributed by atoms with E-state index in [9.17, 15) is 0 Å². The molecule has 0 atom stereocenters. The van der Waals surface area contributed by atoms with Crippen LogP contribution >= 0.6 is 0 Å². The molecule has 0 saturated carbocycles. The molecule has 0 saturated heterocycles. The summed E-state index contributed by atoms with van der Waals surface area (Å²) in [7, 11) is 0. The highest BCUT2D eigenvalue weighted by Crippen LogP contribution is 2.11. The Kier molecular flexibility index (Phi) is 1.12. The van der Waals surface area contributed by atoms with Gasteiger partial charge in [0.15, 0.2) is 0 Å². The van der Waals surface area contributed by atoms with Gasteiger partial charge in [0.1, 0.15) is 11.4 Å². The molecule has 0 radical (unpaired) electrons.